The number of aliphatic carboxylic acids is 4. The van der Waals surface area contributed by atoms with Crippen molar-refractivity contribution >= 4 is 23.9 Å². The molecule has 1 aliphatic carbocycles. The fourth-order valence-corrected chi connectivity index (χ4v) is 8.76. The highest BCUT2D eigenvalue weighted by Crippen LogP contribution is 2.52. The maximum atomic E-state index is 12.0. The molecular formula is C48H56O16. The molecule has 16 heteroatoms. The van der Waals surface area contributed by atoms with Gasteiger partial charge in [0.2, 0.25) is 0 Å². The lowest BCUT2D eigenvalue weighted by atomic mass is 9.77. The Morgan fingerprint density at radius 2 is 0.516 bits per heavy atom. The average Bonchev–Trinajstić information content (AvgIpc) is 3.27. The second-order valence-electron chi connectivity index (χ2n) is 15.1. The first-order chi connectivity index (χ1) is 30.7. The number of ether oxygens (including phenoxy) is 8. The summed E-state index contributed by atoms with van der Waals surface area (Å²) in [5.41, 5.74) is 4.99. The van der Waals surface area contributed by atoms with E-state index in [0.717, 1.165) is 0 Å². The number of carboxylic acids is 4. The van der Waals surface area contributed by atoms with Crippen LogP contribution in [0, 0.1) is 0 Å². The lowest BCUT2D eigenvalue weighted by Crippen LogP contribution is -2.17. The minimum Gasteiger partial charge on any atom is -0.496 e. The average molecular weight is 889 g/mol. The molecule has 4 N–H and O–H groups in total. The van der Waals surface area contributed by atoms with E-state index in [-0.39, 0.29) is 23.0 Å². The molecule has 64 heavy (non-hydrogen) atoms. The third kappa shape index (κ3) is 10.3. The Morgan fingerprint density at radius 1 is 0.344 bits per heavy atom. The zero-order valence-electron chi connectivity index (χ0n) is 37.3. The molecule has 0 fully saturated rings. The van der Waals surface area contributed by atoms with Crippen molar-refractivity contribution in [3.63, 3.8) is 0 Å². The Balaban J connectivity index is 2.06. The third-order valence-corrected chi connectivity index (χ3v) is 11.5. The van der Waals surface area contributed by atoms with Gasteiger partial charge >= 0.3 is 23.9 Å². The second-order valence-corrected chi connectivity index (χ2v) is 15.1. The van der Waals surface area contributed by atoms with Crippen LogP contribution in [0.3, 0.4) is 0 Å². The van der Waals surface area contributed by atoms with E-state index >= 15 is 0 Å². The van der Waals surface area contributed by atoms with Gasteiger partial charge in [-0.25, -0.2) is 19.2 Å². The van der Waals surface area contributed by atoms with Crippen molar-refractivity contribution < 1.29 is 77.5 Å². The van der Waals surface area contributed by atoms with E-state index in [9.17, 15) is 39.6 Å². The topological polar surface area (TPSA) is 223 Å². The molecule has 4 unspecified atom stereocenters. The summed E-state index contributed by atoms with van der Waals surface area (Å²) in [4.78, 5) is 47.9. The maximum absolute atomic E-state index is 12.0. The fourth-order valence-electron chi connectivity index (χ4n) is 8.76. The van der Waals surface area contributed by atoms with Crippen molar-refractivity contribution in [2.45, 2.75) is 77.0 Å². The van der Waals surface area contributed by atoms with E-state index < -0.39 is 74.0 Å². The molecule has 0 heterocycles. The number of carbonyl (C=O) groups is 4. The third-order valence-electron chi connectivity index (χ3n) is 11.5. The summed E-state index contributed by atoms with van der Waals surface area (Å²) in [7, 11) is 5.94. The Bertz CT molecular complexity index is 2030. The Kier molecular flexibility index (Phi) is 16.2. The van der Waals surface area contributed by atoms with E-state index in [1.54, 1.807) is 24.3 Å². The van der Waals surface area contributed by atoms with Crippen LogP contribution in [-0.4, -0.2) is 99.2 Å². The first kappa shape index (κ1) is 48.2. The van der Waals surface area contributed by atoms with Crippen LogP contribution in [0.1, 0.15) is 122 Å². The van der Waals surface area contributed by atoms with Crippen molar-refractivity contribution in [2.24, 2.45) is 0 Å². The maximum Gasteiger partial charge on any atom is 0.341 e. The molecule has 4 aromatic rings. The van der Waals surface area contributed by atoms with E-state index in [0.29, 0.717) is 93.2 Å². The van der Waals surface area contributed by atoms with Crippen LogP contribution in [0.4, 0.5) is 0 Å². The van der Waals surface area contributed by atoms with Crippen molar-refractivity contribution in [3.05, 3.63) is 93.0 Å². The summed E-state index contributed by atoms with van der Waals surface area (Å²) in [6.45, 7) is 5.20. The van der Waals surface area contributed by atoms with Gasteiger partial charge in [-0.3, -0.25) is 0 Å². The predicted octanol–water partition coefficient (Wildman–Crippen LogP) is 8.06. The molecule has 4 atom stereocenters. The SMILES string of the molecule is CCC1c2cc(c(OCC(=O)O)cc2OC)C(CC)c2cc(c(OCC(=O)O)cc2OC)C(CC)c2cc(c(OCC(=O)O)cc2OC)C(CC)c2cc1c(OCC(=O)O)cc2OC. The minimum absolute atomic E-state index is 0.236. The highest BCUT2D eigenvalue weighted by molar-refractivity contribution is 5.71. The molecule has 0 saturated carbocycles. The largest absolute Gasteiger partial charge is 0.496 e. The summed E-state index contributed by atoms with van der Waals surface area (Å²) >= 11 is 0. The van der Waals surface area contributed by atoms with Gasteiger partial charge in [0, 0.05) is 92.4 Å². The quantitative estimate of drug-likeness (QED) is 0.0659. The number of fused-ring (bicyclic) bond motifs is 8. The van der Waals surface area contributed by atoms with Crippen molar-refractivity contribution in [3.8, 4) is 46.0 Å². The Labute approximate surface area is 371 Å². The van der Waals surface area contributed by atoms with Gasteiger partial charge < -0.3 is 58.3 Å². The van der Waals surface area contributed by atoms with Gasteiger partial charge in [0.25, 0.3) is 0 Å². The first-order valence-electron chi connectivity index (χ1n) is 20.9. The predicted molar refractivity (Wildman–Crippen MR) is 233 cm³/mol. The molecule has 8 bridgehead atoms. The van der Waals surface area contributed by atoms with Gasteiger partial charge in [-0.15, -0.1) is 0 Å². The van der Waals surface area contributed by atoms with Gasteiger partial charge in [0.15, 0.2) is 26.4 Å². The molecule has 344 valence electrons. The molecule has 0 aromatic heterocycles. The summed E-state index contributed by atoms with van der Waals surface area (Å²) in [6.07, 6.45) is 1.76. The molecular weight excluding hydrogens is 833 g/mol. The van der Waals surface area contributed by atoms with Gasteiger partial charge in [-0.1, -0.05) is 27.7 Å². The second kappa shape index (κ2) is 21.5. The summed E-state index contributed by atoms with van der Waals surface area (Å²) in [5.74, 6) is -4.56. The van der Waals surface area contributed by atoms with Crippen molar-refractivity contribution in [1.82, 2.24) is 0 Å². The van der Waals surface area contributed by atoms with Crippen LogP contribution in [0.5, 0.6) is 46.0 Å². The number of rotatable bonds is 20. The molecule has 0 radical (unpaired) electrons. The Morgan fingerprint density at radius 3 is 0.656 bits per heavy atom. The number of methoxy groups -OCH3 is 4. The van der Waals surface area contributed by atoms with E-state index in [1.807, 2.05) is 52.0 Å². The highest BCUT2D eigenvalue weighted by atomic mass is 16.5. The van der Waals surface area contributed by atoms with Crippen LogP contribution in [0.25, 0.3) is 0 Å². The monoisotopic (exact) mass is 888 g/mol. The zero-order chi connectivity index (χ0) is 46.8. The van der Waals surface area contributed by atoms with E-state index in [1.165, 1.54) is 28.4 Å². The van der Waals surface area contributed by atoms with Gasteiger partial charge in [-0.2, -0.15) is 0 Å². The molecule has 1 aliphatic rings. The molecule has 0 spiro atoms. The van der Waals surface area contributed by atoms with Crippen molar-refractivity contribution in [2.75, 3.05) is 54.9 Å². The highest BCUT2D eigenvalue weighted by Gasteiger charge is 2.34. The lowest BCUT2D eigenvalue weighted by Gasteiger charge is -2.31. The lowest BCUT2D eigenvalue weighted by molar-refractivity contribution is -0.140. The van der Waals surface area contributed by atoms with Crippen LogP contribution in [0.2, 0.25) is 0 Å². The standard InChI is InChI=1S/C48H56O16/c1-9-25-29-13-34(42(17-37(29)57-5)62-22-46(51)52)27(11-3)31-15-36(44(19-39(31)59-7)64-24-48(55)56)28(12-4)32-16-35(43(20-40(32)60-8)63-23-47(53)54)26(10-2)30-14-33(25)41(18-38(30)58-6)61-21-45(49)50/h13-20,25-28H,9-12,21-24H2,1-8H3,(H,49,50)(H,51,52)(H,53,54)(H,55,56). The number of hydrogen-bond acceptors (Lipinski definition) is 12. The summed E-state index contributed by atoms with van der Waals surface area (Å²) in [6, 6.07) is 14.2. The minimum atomic E-state index is -1.20. The first-order valence-corrected chi connectivity index (χ1v) is 20.9. The Hall–Kier alpha value is -6.84. The molecule has 0 aliphatic heterocycles. The summed E-state index contributed by atoms with van der Waals surface area (Å²) in [5, 5.41) is 39.1. The normalized spacial score (nSPS) is 16.5. The fraction of sp³-hybridized carbons (Fsp3) is 0.417. The number of hydrogen-bond donors (Lipinski definition) is 4. The smallest absolute Gasteiger partial charge is 0.341 e. The van der Waals surface area contributed by atoms with Crippen LogP contribution >= 0.6 is 0 Å². The van der Waals surface area contributed by atoms with Crippen LogP contribution in [-0.2, 0) is 19.2 Å². The molecule has 16 nitrogen and oxygen atoms in total. The van der Waals surface area contributed by atoms with Crippen LogP contribution in [0.15, 0.2) is 48.5 Å². The van der Waals surface area contributed by atoms with Gasteiger partial charge in [0.05, 0.1) is 28.4 Å². The van der Waals surface area contributed by atoms with E-state index in [2.05, 4.69) is 0 Å². The zero-order valence-corrected chi connectivity index (χ0v) is 37.3. The van der Waals surface area contributed by atoms with E-state index in [4.69, 9.17) is 37.9 Å². The van der Waals surface area contributed by atoms with Gasteiger partial charge in [-0.05, 0) is 49.9 Å². The molecule has 0 amide bonds. The number of benzene rings is 4. The van der Waals surface area contributed by atoms with Crippen molar-refractivity contribution in [1.29, 1.82) is 0 Å². The molecule has 4 aromatic carbocycles. The van der Waals surface area contributed by atoms with Gasteiger partial charge in [0.1, 0.15) is 46.0 Å². The number of carboxylic acid groups (broad SMARTS) is 4. The van der Waals surface area contributed by atoms with Crippen LogP contribution < -0.4 is 37.9 Å². The molecule has 0 saturated heterocycles. The molecule has 5 rings (SSSR count). The summed E-state index contributed by atoms with van der Waals surface area (Å²) < 4.78 is 48.1.